The van der Waals surface area contributed by atoms with Gasteiger partial charge in [0, 0.05) is 33.8 Å². The number of amides is 1. The zero-order valence-electron chi connectivity index (χ0n) is 15.9. The standard InChI is InChI=1S/C21H23BrN2O3/c1-11-6-15-7-16(8-18(22)19(15)27-10-13(11)3)20(25)23-9-17-12(2)5-14(4)24-21(17)26/h5-8,10,15,19H,9H2,1-4H3,(H,23,25)(H,24,26). The number of nitrogens with one attached hydrogen (secondary N) is 2. The smallest absolute Gasteiger partial charge is 0.253 e. The van der Waals surface area contributed by atoms with Crippen LogP contribution in [0.4, 0.5) is 0 Å². The van der Waals surface area contributed by atoms with Crippen LogP contribution in [0.25, 0.3) is 0 Å². The van der Waals surface area contributed by atoms with Crippen molar-refractivity contribution in [3.05, 3.63) is 78.9 Å². The van der Waals surface area contributed by atoms with Gasteiger partial charge in [-0.3, -0.25) is 9.59 Å². The summed E-state index contributed by atoms with van der Waals surface area (Å²) in [6.45, 7) is 7.92. The number of rotatable bonds is 3. The molecule has 142 valence electrons. The number of halogens is 1. The van der Waals surface area contributed by atoms with Crippen LogP contribution in [0.3, 0.4) is 0 Å². The molecule has 3 rings (SSSR count). The lowest BCUT2D eigenvalue weighted by atomic mass is 9.91. The molecule has 1 aromatic rings. The molecular weight excluding hydrogens is 408 g/mol. The molecule has 1 amide bonds. The number of aromatic amines is 1. The number of carbonyl (C=O) groups is 1. The van der Waals surface area contributed by atoms with E-state index in [1.807, 2.05) is 39.8 Å². The molecule has 1 aliphatic carbocycles. The lowest BCUT2D eigenvalue weighted by Crippen LogP contribution is -2.31. The molecule has 0 saturated carbocycles. The van der Waals surface area contributed by atoms with Gasteiger partial charge in [-0.1, -0.05) is 28.1 Å². The molecule has 1 aromatic heterocycles. The first-order chi connectivity index (χ1) is 12.8. The molecule has 2 aliphatic rings. The van der Waals surface area contributed by atoms with Crippen LogP contribution in [0, 0.1) is 19.8 Å². The van der Waals surface area contributed by atoms with Crippen molar-refractivity contribution in [3.8, 4) is 0 Å². The van der Waals surface area contributed by atoms with Crippen LogP contribution in [0.2, 0.25) is 0 Å². The number of hydrogen-bond acceptors (Lipinski definition) is 3. The fourth-order valence-electron chi connectivity index (χ4n) is 3.25. The maximum absolute atomic E-state index is 12.7. The molecule has 0 bridgehead atoms. The van der Waals surface area contributed by atoms with Gasteiger partial charge in [0.15, 0.2) is 0 Å². The Morgan fingerprint density at radius 1 is 1.22 bits per heavy atom. The number of ether oxygens (including phenoxy) is 1. The van der Waals surface area contributed by atoms with Crippen molar-refractivity contribution in [2.45, 2.75) is 40.3 Å². The maximum Gasteiger partial charge on any atom is 0.253 e. The second-order valence-corrected chi connectivity index (χ2v) is 7.98. The van der Waals surface area contributed by atoms with Crippen LogP contribution in [-0.4, -0.2) is 17.0 Å². The Hall–Kier alpha value is -2.34. The Labute approximate surface area is 167 Å². The van der Waals surface area contributed by atoms with Crippen molar-refractivity contribution in [1.82, 2.24) is 10.3 Å². The van der Waals surface area contributed by atoms with E-state index in [0.717, 1.165) is 26.9 Å². The molecule has 2 unspecified atom stereocenters. The third-order valence-corrected chi connectivity index (χ3v) is 5.60. The lowest BCUT2D eigenvalue weighted by molar-refractivity contribution is -0.117. The normalized spacial score (nSPS) is 21.7. The zero-order chi connectivity index (χ0) is 19.7. The third-order valence-electron chi connectivity index (χ3n) is 4.92. The average molecular weight is 431 g/mol. The number of aryl methyl sites for hydroxylation is 2. The van der Waals surface area contributed by atoms with Gasteiger partial charge in [-0.05, 0) is 56.5 Å². The number of allylic oxidation sites excluding steroid dienone is 2. The van der Waals surface area contributed by atoms with Crippen molar-refractivity contribution in [2.75, 3.05) is 0 Å². The van der Waals surface area contributed by atoms with E-state index in [4.69, 9.17) is 4.74 Å². The molecule has 2 atom stereocenters. The number of aromatic nitrogens is 1. The van der Waals surface area contributed by atoms with Crippen LogP contribution >= 0.6 is 15.9 Å². The summed E-state index contributed by atoms with van der Waals surface area (Å²) >= 11 is 3.54. The summed E-state index contributed by atoms with van der Waals surface area (Å²) in [6, 6.07) is 1.90. The summed E-state index contributed by atoms with van der Waals surface area (Å²) < 4.78 is 6.67. The average Bonchev–Trinajstić information content (AvgIpc) is 2.72. The number of hydrogen-bond donors (Lipinski definition) is 2. The summed E-state index contributed by atoms with van der Waals surface area (Å²) in [6.07, 6.45) is 7.39. The number of carbonyl (C=O) groups excluding carboxylic acids is 1. The highest BCUT2D eigenvalue weighted by Gasteiger charge is 2.29. The Kier molecular flexibility index (Phi) is 5.56. The number of pyridine rings is 1. The number of fused-ring (bicyclic) bond motifs is 1. The third kappa shape index (κ3) is 4.16. The van der Waals surface area contributed by atoms with Crippen LogP contribution in [0.15, 0.2) is 56.6 Å². The van der Waals surface area contributed by atoms with E-state index in [1.54, 1.807) is 12.3 Å². The van der Waals surface area contributed by atoms with Gasteiger partial charge in [-0.2, -0.15) is 0 Å². The van der Waals surface area contributed by atoms with Crippen molar-refractivity contribution < 1.29 is 9.53 Å². The van der Waals surface area contributed by atoms with Gasteiger partial charge < -0.3 is 15.0 Å². The van der Waals surface area contributed by atoms with Crippen LogP contribution in [0.1, 0.15) is 30.7 Å². The quantitative estimate of drug-likeness (QED) is 0.767. The lowest BCUT2D eigenvalue weighted by Gasteiger charge is -2.25. The van der Waals surface area contributed by atoms with Crippen molar-refractivity contribution in [1.29, 1.82) is 0 Å². The molecule has 6 heteroatoms. The summed E-state index contributed by atoms with van der Waals surface area (Å²) in [7, 11) is 0. The monoisotopic (exact) mass is 430 g/mol. The predicted molar refractivity (Wildman–Crippen MR) is 109 cm³/mol. The highest BCUT2D eigenvalue weighted by atomic mass is 79.9. The van der Waals surface area contributed by atoms with Gasteiger partial charge in [-0.15, -0.1) is 0 Å². The molecule has 2 N–H and O–H groups in total. The second kappa shape index (κ2) is 7.72. The first-order valence-electron chi connectivity index (χ1n) is 8.84. The van der Waals surface area contributed by atoms with E-state index in [2.05, 4.69) is 32.3 Å². The van der Waals surface area contributed by atoms with E-state index >= 15 is 0 Å². The van der Waals surface area contributed by atoms with Crippen molar-refractivity contribution >= 4 is 21.8 Å². The molecule has 0 spiro atoms. The summed E-state index contributed by atoms with van der Waals surface area (Å²) in [5, 5.41) is 2.85. The minimum absolute atomic E-state index is 0.0386. The van der Waals surface area contributed by atoms with E-state index < -0.39 is 0 Å². The Morgan fingerprint density at radius 2 is 1.96 bits per heavy atom. The predicted octanol–water partition coefficient (Wildman–Crippen LogP) is 3.69. The molecule has 0 radical (unpaired) electrons. The van der Waals surface area contributed by atoms with Crippen molar-refractivity contribution in [3.63, 3.8) is 0 Å². The minimum atomic E-state index is -0.218. The molecule has 27 heavy (non-hydrogen) atoms. The topological polar surface area (TPSA) is 71.2 Å². The first-order valence-corrected chi connectivity index (χ1v) is 9.63. The zero-order valence-corrected chi connectivity index (χ0v) is 17.4. The van der Waals surface area contributed by atoms with Crippen LogP contribution in [-0.2, 0) is 16.1 Å². The Balaban J connectivity index is 1.79. The van der Waals surface area contributed by atoms with E-state index in [9.17, 15) is 9.59 Å². The highest BCUT2D eigenvalue weighted by Crippen LogP contribution is 2.34. The second-order valence-electron chi connectivity index (χ2n) is 7.06. The van der Waals surface area contributed by atoms with Gasteiger partial charge in [0.1, 0.15) is 6.10 Å². The Bertz CT molecular complexity index is 966. The van der Waals surface area contributed by atoms with Crippen molar-refractivity contribution in [2.24, 2.45) is 5.92 Å². The maximum atomic E-state index is 12.7. The number of H-pyrrole nitrogens is 1. The van der Waals surface area contributed by atoms with Gasteiger partial charge in [-0.25, -0.2) is 0 Å². The SMILES string of the molecule is CC1=COC2C(Br)=CC(C(=O)NCc3c(C)cc(C)[nH]c3=O)=CC2C=C1C. The largest absolute Gasteiger partial charge is 0.492 e. The first kappa shape index (κ1) is 19.4. The van der Waals surface area contributed by atoms with E-state index in [-0.39, 0.29) is 30.0 Å². The molecule has 1 aliphatic heterocycles. The van der Waals surface area contributed by atoms with Gasteiger partial charge in [0.05, 0.1) is 6.26 Å². The fourth-order valence-corrected chi connectivity index (χ4v) is 3.91. The van der Waals surface area contributed by atoms with E-state index in [0.29, 0.717) is 11.1 Å². The van der Waals surface area contributed by atoms with Crippen LogP contribution in [0.5, 0.6) is 0 Å². The summed E-state index contributed by atoms with van der Waals surface area (Å²) in [5.74, 6) is -0.256. The molecule has 5 nitrogen and oxygen atoms in total. The highest BCUT2D eigenvalue weighted by molar-refractivity contribution is 9.11. The summed E-state index contributed by atoms with van der Waals surface area (Å²) in [5.41, 5.74) is 4.82. The van der Waals surface area contributed by atoms with Gasteiger partial charge in [0.2, 0.25) is 0 Å². The minimum Gasteiger partial charge on any atom is -0.492 e. The van der Waals surface area contributed by atoms with E-state index in [1.165, 1.54) is 0 Å². The van der Waals surface area contributed by atoms with Gasteiger partial charge in [0.25, 0.3) is 11.5 Å². The molecule has 0 saturated heterocycles. The fraction of sp³-hybridized carbons (Fsp3) is 0.333. The molecule has 2 heterocycles. The van der Waals surface area contributed by atoms with Gasteiger partial charge >= 0.3 is 0 Å². The molecule has 0 aromatic carbocycles. The Morgan fingerprint density at radius 3 is 2.67 bits per heavy atom. The van der Waals surface area contributed by atoms with Crippen LogP contribution < -0.4 is 10.9 Å². The molecular formula is C21H23BrN2O3. The summed E-state index contributed by atoms with van der Waals surface area (Å²) in [4.78, 5) is 27.6. The molecule has 0 fully saturated rings.